The number of halogens is 3. The molecule has 0 atom stereocenters. The maximum atomic E-state index is 6.14. The average molecular weight is 532 g/mol. The van der Waals surface area contributed by atoms with Gasteiger partial charge in [0.15, 0.2) is 17.3 Å². The largest absolute Gasteiger partial charge is 0.493 e. The Labute approximate surface area is 198 Å². The number of hydrogen-bond acceptors (Lipinski definition) is 5. The first kappa shape index (κ1) is 22.9. The molecule has 0 fully saturated rings. The molecule has 160 valence electrons. The summed E-state index contributed by atoms with van der Waals surface area (Å²) < 4.78 is 14.8. The van der Waals surface area contributed by atoms with Crippen molar-refractivity contribution in [3.8, 4) is 11.5 Å². The van der Waals surface area contributed by atoms with E-state index < -0.39 is 0 Å². The molecule has 3 aromatic rings. The first-order valence-corrected chi connectivity index (χ1v) is 11.2. The Morgan fingerprint density at radius 2 is 2.03 bits per heavy atom. The quantitative estimate of drug-likeness (QED) is 0.317. The summed E-state index contributed by atoms with van der Waals surface area (Å²) in [6.45, 7) is 2.84. The summed E-state index contributed by atoms with van der Waals surface area (Å²) in [5, 5.41) is 8.10. The standard InChI is InChI=1S/C20H21BrCl2N4O2S/c1-3-4-18-25-26-20(30)27(18)24-10-13-14(21)6-8-17(28-2)19(13)29-11-12-5-7-15(22)16(23)9-12/h5-9,24H,3-4,10-11H2,1-2H3,(H,26,30). The fraction of sp³-hybridized carbons (Fsp3) is 0.300. The predicted molar refractivity (Wildman–Crippen MR) is 126 cm³/mol. The Kier molecular flexibility index (Phi) is 8.05. The lowest BCUT2D eigenvalue weighted by atomic mass is 10.1. The third-order valence-corrected chi connectivity index (χ3v) is 6.14. The van der Waals surface area contributed by atoms with E-state index in [0.717, 1.165) is 34.3 Å². The molecule has 1 aromatic heterocycles. The number of aromatic amines is 1. The zero-order valence-electron chi connectivity index (χ0n) is 16.5. The van der Waals surface area contributed by atoms with Gasteiger partial charge in [-0.25, -0.2) is 4.68 Å². The summed E-state index contributed by atoms with van der Waals surface area (Å²) in [6.07, 6.45) is 1.77. The van der Waals surface area contributed by atoms with E-state index >= 15 is 0 Å². The molecule has 10 heteroatoms. The van der Waals surface area contributed by atoms with Gasteiger partial charge < -0.3 is 14.9 Å². The summed E-state index contributed by atoms with van der Waals surface area (Å²) in [5.41, 5.74) is 5.11. The molecular weight excluding hydrogens is 511 g/mol. The highest BCUT2D eigenvalue weighted by atomic mass is 79.9. The van der Waals surface area contributed by atoms with Crippen LogP contribution in [0.15, 0.2) is 34.8 Å². The number of nitrogens with one attached hydrogen (secondary N) is 2. The second kappa shape index (κ2) is 10.5. The van der Waals surface area contributed by atoms with Crippen molar-refractivity contribution in [1.29, 1.82) is 0 Å². The van der Waals surface area contributed by atoms with Crippen LogP contribution in [0.25, 0.3) is 0 Å². The number of nitrogens with zero attached hydrogens (tertiary/aromatic N) is 2. The van der Waals surface area contributed by atoms with E-state index in [1.165, 1.54) is 0 Å². The number of ether oxygens (including phenoxy) is 2. The van der Waals surface area contributed by atoms with E-state index in [9.17, 15) is 0 Å². The lowest BCUT2D eigenvalue weighted by molar-refractivity contribution is 0.281. The van der Waals surface area contributed by atoms with Gasteiger partial charge >= 0.3 is 0 Å². The fourth-order valence-corrected chi connectivity index (χ4v) is 3.88. The number of benzene rings is 2. The molecule has 0 aliphatic rings. The summed E-state index contributed by atoms with van der Waals surface area (Å²) in [4.78, 5) is 0. The van der Waals surface area contributed by atoms with Crippen LogP contribution >= 0.6 is 51.3 Å². The maximum Gasteiger partial charge on any atom is 0.214 e. The van der Waals surface area contributed by atoms with E-state index in [0.29, 0.717) is 39.5 Å². The zero-order valence-corrected chi connectivity index (χ0v) is 20.4. The minimum atomic E-state index is 0.308. The van der Waals surface area contributed by atoms with Crippen LogP contribution in [0.2, 0.25) is 10.0 Å². The van der Waals surface area contributed by atoms with Gasteiger partial charge in [0.05, 0.1) is 23.7 Å². The third kappa shape index (κ3) is 5.29. The first-order valence-electron chi connectivity index (χ1n) is 9.26. The van der Waals surface area contributed by atoms with Crippen molar-refractivity contribution in [1.82, 2.24) is 14.9 Å². The van der Waals surface area contributed by atoms with Crippen LogP contribution < -0.4 is 14.9 Å². The van der Waals surface area contributed by atoms with E-state index in [4.69, 9.17) is 44.9 Å². The van der Waals surface area contributed by atoms with Gasteiger partial charge in [0.1, 0.15) is 6.61 Å². The molecular formula is C20H21BrCl2N4O2S. The van der Waals surface area contributed by atoms with Crippen molar-refractivity contribution >= 4 is 51.3 Å². The molecule has 0 aliphatic heterocycles. The number of H-pyrrole nitrogens is 1. The molecule has 0 bridgehead atoms. The lowest BCUT2D eigenvalue weighted by Crippen LogP contribution is -2.18. The van der Waals surface area contributed by atoms with Gasteiger partial charge in [0.2, 0.25) is 4.77 Å². The number of methoxy groups -OCH3 is 1. The van der Waals surface area contributed by atoms with Gasteiger partial charge in [0.25, 0.3) is 0 Å². The molecule has 6 nitrogen and oxygen atoms in total. The molecule has 1 heterocycles. The summed E-state index contributed by atoms with van der Waals surface area (Å²) >= 11 is 21.1. The monoisotopic (exact) mass is 530 g/mol. The minimum Gasteiger partial charge on any atom is -0.493 e. The van der Waals surface area contributed by atoms with Crippen molar-refractivity contribution in [3.05, 3.63) is 66.6 Å². The Morgan fingerprint density at radius 3 is 2.73 bits per heavy atom. The summed E-state index contributed by atoms with van der Waals surface area (Å²) in [5.74, 6) is 2.09. The minimum absolute atomic E-state index is 0.308. The smallest absolute Gasteiger partial charge is 0.214 e. The van der Waals surface area contributed by atoms with Crippen LogP contribution in [0.5, 0.6) is 11.5 Å². The van der Waals surface area contributed by atoms with Crippen molar-refractivity contribution < 1.29 is 9.47 Å². The van der Waals surface area contributed by atoms with Crippen LogP contribution in [-0.4, -0.2) is 22.0 Å². The van der Waals surface area contributed by atoms with Crippen LogP contribution in [0.4, 0.5) is 0 Å². The molecule has 30 heavy (non-hydrogen) atoms. The second-order valence-electron chi connectivity index (χ2n) is 6.46. The van der Waals surface area contributed by atoms with Crippen molar-refractivity contribution in [3.63, 3.8) is 0 Å². The Balaban J connectivity index is 1.86. The van der Waals surface area contributed by atoms with Crippen molar-refractivity contribution in [2.24, 2.45) is 0 Å². The first-order chi connectivity index (χ1) is 14.4. The Hall–Kier alpha value is -1.74. The maximum absolute atomic E-state index is 6.14. The highest BCUT2D eigenvalue weighted by Crippen LogP contribution is 2.37. The van der Waals surface area contributed by atoms with Gasteiger partial charge in [-0.05, 0) is 48.5 Å². The molecule has 0 saturated heterocycles. The molecule has 0 spiro atoms. The van der Waals surface area contributed by atoms with E-state index in [1.807, 2.05) is 18.2 Å². The zero-order chi connectivity index (χ0) is 21.7. The summed E-state index contributed by atoms with van der Waals surface area (Å²) in [6, 6.07) is 9.18. The van der Waals surface area contributed by atoms with E-state index in [2.05, 4.69) is 38.5 Å². The molecule has 2 N–H and O–H groups in total. The molecule has 0 aliphatic carbocycles. The van der Waals surface area contributed by atoms with Crippen LogP contribution in [0, 0.1) is 4.77 Å². The van der Waals surface area contributed by atoms with Gasteiger partial charge in [-0.2, -0.15) is 5.10 Å². The molecule has 0 radical (unpaired) electrons. The molecule has 2 aromatic carbocycles. The normalized spacial score (nSPS) is 10.8. The highest BCUT2D eigenvalue weighted by molar-refractivity contribution is 9.10. The van der Waals surface area contributed by atoms with Gasteiger partial charge in [-0.1, -0.05) is 52.1 Å². The van der Waals surface area contributed by atoms with Gasteiger partial charge in [-0.3, -0.25) is 5.10 Å². The van der Waals surface area contributed by atoms with Crippen LogP contribution in [-0.2, 0) is 19.6 Å². The SMILES string of the molecule is CCCc1n[nH]c(=S)n1NCc1c(Br)ccc(OC)c1OCc1ccc(Cl)c(Cl)c1. The number of rotatable bonds is 9. The van der Waals surface area contributed by atoms with E-state index in [1.54, 1.807) is 23.9 Å². The Morgan fingerprint density at radius 1 is 1.23 bits per heavy atom. The number of aryl methyl sites for hydroxylation is 1. The average Bonchev–Trinajstić information content (AvgIpc) is 3.08. The number of aromatic nitrogens is 3. The number of hydrogen-bond donors (Lipinski definition) is 2. The third-order valence-electron chi connectivity index (χ3n) is 4.38. The van der Waals surface area contributed by atoms with E-state index in [-0.39, 0.29) is 0 Å². The van der Waals surface area contributed by atoms with Gasteiger partial charge in [-0.15, -0.1) is 0 Å². The Bertz CT molecular complexity index is 1090. The van der Waals surface area contributed by atoms with Crippen molar-refractivity contribution in [2.75, 3.05) is 12.5 Å². The lowest BCUT2D eigenvalue weighted by Gasteiger charge is -2.18. The topological polar surface area (TPSA) is 64.1 Å². The molecule has 0 amide bonds. The van der Waals surface area contributed by atoms with Crippen LogP contribution in [0.3, 0.4) is 0 Å². The fourth-order valence-electron chi connectivity index (χ4n) is 2.89. The molecule has 0 saturated carbocycles. The molecule has 3 rings (SSSR count). The predicted octanol–water partition coefficient (Wildman–Crippen LogP) is 6.29. The van der Waals surface area contributed by atoms with Crippen molar-refractivity contribution in [2.45, 2.75) is 32.9 Å². The summed E-state index contributed by atoms with van der Waals surface area (Å²) in [7, 11) is 1.61. The van der Waals surface area contributed by atoms with Gasteiger partial charge in [0, 0.05) is 16.5 Å². The highest BCUT2D eigenvalue weighted by Gasteiger charge is 2.16. The van der Waals surface area contributed by atoms with Crippen LogP contribution in [0.1, 0.15) is 30.3 Å². The molecule has 0 unspecified atom stereocenters. The second-order valence-corrected chi connectivity index (χ2v) is 8.52.